The molecule has 1 N–H and O–H groups in total. The molecule has 1 atom stereocenters. The van der Waals surface area contributed by atoms with Crippen LogP contribution in [0.4, 0.5) is 0 Å². The first-order valence-corrected chi connectivity index (χ1v) is 6.70. The molecule has 0 fully saturated rings. The van der Waals surface area contributed by atoms with Crippen molar-refractivity contribution in [2.24, 2.45) is 5.92 Å². The van der Waals surface area contributed by atoms with Crippen LogP contribution in [0.1, 0.15) is 31.2 Å². The molecule has 100 valence electrons. The summed E-state index contributed by atoms with van der Waals surface area (Å²) in [6.45, 7) is 5.45. The number of allylic oxidation sites excluding steroid dienone is 1. The van der Waals surface area contributed by atoms with Crippen LogP contribution in [-0.2, 0) is 11.3 Å². The molecule has 0 amide bonds. The van der Waals surface area contributed by atoms with Crippen molar-refractivity contribution in [1.29, 1.82) is 0 Å². The quantitative estimate of drug-likeness (QED) is 0.507. The van der Waals surface area contributed by atoms with Crippen LogP contribution in [0.3, 0.4) is 0 Å². The first-order valence-electron chi connectivity index (χ1n) is 6.70. The van der Waals surface area contributed by atoms with E-state index in [1.165, 1.54) is 5.56 Å². The van der Waals surface area contributed by atoms with Gasteiger partial charge in [-0.1, -0.05) is 42.8 Å². The lowest BCUT2D eigenvalue weighted by Crippen LogP contribution is -2.05. The fourth-order valence-corrected chi connectivity index (χ4v) is 1.92. The van der Waals surface area contributed by atoms with Crippen molar-refractivity contribution in [2.75, 3.05) is 13.2 Å². The molecule has 0 unspecified atom stereocenters. The van der Waals surface area contributed by atoms with Gasteiger partial charge in [0.2, 0.25) is 0 Å². The van der Waals surface area contributed by atoms with Crippen LogP contribution >= 0.6 is 0 Å². The third-order valence-electron chi connectivity index (χ3n) is 3.02. The van der Waals surface area contributed by atoms with E-state index in [0.717, 1.165) is 32.3 Å². The molecule has 0 saturated carbocycles. The summed E-state index contributed by atoms with van der Waals surface area (Å²) in [5.74, 6) is 0.372. The van der Waals surface area contributed by atoms with Crippen LogP contribution in [0.5, 0.6) is 0 Å². The molecule has 1 rings (SSSR count). The lowest BCUT2D eigenvalue weighted by Gasteiger charge is -2.11. The number of benzene rings is 1. The van der Waals surface area contributed by atoms with Gasteiger partial charge in [0.15, 0.2) is 0 Å². The van der Waals surface area contributed by atoms with Crippen LogP contribution in [0.2, 0.25) is 0 Å². The molecule has 0 spiro atoms. The predicted molar refractivity (Wildman–Crippen MR) is 75.3 cm³/mol. The Kier molecular flexibility index (Phi) is 8.19. The van der Waals surface area contributed by atoms with E-state index in [-0.39, 0.29) is 6.61 Å². The summed E-state index contributed by atoms with van der Waals surface area (Å²) < 4.78 is 5.61. The molecule has 0 radical (unpaired) electrons. The third-order valence-corrected chi connectivity index (χ3v) is 3.02. The average molecular weight is 248 g/mol. The van der Waals surface area contributed by atoms with Crippen molar-refractivity contribution < 1.29 is 9.84 Å². The molecule has 0 saturated heterocycles. The van der Waals surface area contributed by atoms with Gasteiger partial charge in [0.05, 0.1) is 6.61 Å². The maximum absolute atomic E-state index is 9.13. The predicted octanol–water partition coefficient (Wildman–Crippen LogP) is 3.56. The highest BCUT2D eigenvalue weighted by Crippen LogP contribution is 2.12. The standard InChI is InChI=1S/C16H24O2/c1-2-8-15(13-17)9-6-7-12-18-14-16-10-4-3-5-11-16/h2-5,10-11,15,17H,1,6-9,12-14H2/t15-/m0/s1. The van der Waals surface area contributed by atoms with Gasteiger partial charge in [0, 0.05) is 13.2 Å². The highest BCUT2D eigenvalue weighted by atomic mass is 16.5. The summed E-state index contributed by atoms with van der Waals surface area (Å²) in [6.07, 6.45) is 6.00. The maximum Gasteiger partial charge on any atom is 0.0716 e. The van der Waals surface area contributed by atoms with Crippen LogP contribution < -0.4 is 0 Å². The lowest BCUT2D eigenvalue weighted by molar-refractivity contribution is 0.114. The maximum atomic E-state index is 9.13. The van der Waals surface area contributed by atoms with Crippen molar-refractivity contribution in [3.8, 4) is 0 Å². The second-order valence-corrected chi connectivity index (χ2v) is 4.61. The number of unbranched alkanes of at least 4 members (excludes halogenated alkanes) is 1. The van der Waals surface area contributed by atoms with Gasteiger partial charge in [0.25, 0.3) is 0 Å². The monoisotopic (exact) mass is 248 g/mol. The Morgan fingerprint density at radius 3 is 2.67 bits per heavy atom. The largest absolute Gasteiger partial charge is 0.396 e. The van der Waals surface area contributed by atoms with E-state index in [2.05, 4.69) is 18.7 Å². The number of rotatable bonds is 10. The first-order chi connectivity index (χ1) is 8.86. The Morgan fingerprint density at radius 2 is 2.00 bits per heavy atom. The van der Waals surface area contributed by atoms with Gasteiger partial charge in [-0.15, -0.1) is 6.58 Å². The van der Waals surface area contributed by atoms with Gasteiger partial charge >= 0.3 is 0 Å². The van der Waals surface area contributed by atoms with Crippen molar-refractivity contribution in [3.63, 3.8) is 0 Å². The van der Waals surface area contributed by atoms with Gasteiger partial charge in [-0.3, -0.25) is 0 Å². The Balaban J connectivity index is 2.00. The van der Waals surface area contributed by atoms with Crippen LogP contribution in [0.25, 0.3) is 0 Å². The molecule has 2 heteroatoms. The number of hydrogen-bond donors (Lipinski definition) is 1. The molecule has 0 aliphatic carbocycles. The van der Waals surface area contributed by atoms with Gasteiger partial charge in [-0.05, 0) is 30.7 Å². The van der Waals surface area contributed by atoms with E-state index in [1.807, 2.05) is 24.3 Å². The molecule has 2 nitrogen and oxygen atoms in total. The summed E-state index contributed by atoms with van der Waals surface area (Å²) in [6, 6.07) is 10.2. The van der Waals surface area contributed by atoms with E-state index in [4.69, 9.17) is 9.84 Å². The number of aliphatic hydroxyl groups excluding tert-OH is 1. The zero-order valence-electron chi connectivity index (χ0n) is 11.1. The number of aliphatic hydroxyl groups is 1. The van der Waals surface area contributed by atoms with E-state index in [1.54, 1.807) is 0 Å². The Bertz CT molecular complexity index is 308. The van der Waals surface area contributed by atoms with E-state index in [9.17, 15) is 0 Å². The Labute approximate surface area is 110 Å². The molecule has 1 aromatic carbocycles. The topological polar surface area (TPSA) is 29.5 Å². The second-order valence-electron chi connectivity index (χ2n) is 4.61. The zero-order chi connectivity index (χ0) is 13.1. The minimum Gasteiger partial charge on any atom is -0.396 e. The molecule has 1 aromatic rings. The number of ether oxygens (including phenoxy) is 1. The van der Waals surface area contributed by atoms with Crippen LogP contribution in [-0.4, -0.2) is 18.3 Å². The fourth-order valence-electron chi connectivity index (χ4n) is 1.92. The smallest absolute Gasteiger partial charge is 0.0716 e. The fraction of sp³-hybridized carbons (Fsp3) is 0.500. The summed E-state index contributed by atoms with van der Waals surface area (Å²) in [5.41, 5.74) is 1.22. The van der Waals surface area contributed by atoms with Crippen molar-refractivity contribution in [2.45, 2.75) is 32.3 Å². The Morgan fingerprint density at radius 1 is 1.22 bits per heavy atom. The normalized spacial score (nSPS) is 12.3. The Hall–Kier alpha value is -1.12. The van der Waals surface area contributed by atoms with Crippen LogP contribution in [0, 0.1) is 5.92 Å². The first kappa shape index (κ1) is 14.9. The molecular formula is C16H24O2. The van der Waals surface area contributed by atoms with Gasteiger partial charge in [0.1, 0.15) is 0 Å². The highest BCUT2D eigenvalue weighted by Gasteiger charge is 2.04. The molecule has 18 heavy (non-hydrogen) atoms. The lowest BCUT2D eigenvalue weighted by atomic mass is 9.99. The van der Waals surface area contributed by atoms with Crippen molar-refractivity contribution in [1.82, 2.24) is 0 Å². The summed E-state index contributed by atoms with van der Waals surface area (Å²) in [4.78, 5) is 0. The van der Waals surface area contributed by atoms with Crippen molar-refractivity contribution >= 4 is 0 Å². The van der Waals surface area contributed by atoms with Gasteiger partial charge < -0.3 is 9.84 Å². The summed E-state index contributed by atoms with van der Waals surface area (Å²) in [5, 5.41) is 9.13. The molecule has 0 heterocycles. The molecule has 0 aliphatic rings. The van der Waals surface area contributed by atoms with E-state index < -0.39 is 0 Å². The van der Waals surface area contributed by atoms with Crippen LogP contribution in [0.15, 0.2) is 43.0 Å². The minimum atomic E-state index is 0.261. The van der Waals surface area contributed by atoms with Gasteiger partial charge in [-0.25, -0.2) is 0 Å². The van der Waals surface area contributed by atoms with Gasteiger partial charge in [-0.2, -0.15) is 0 Å². The van der Waals surface area contributed by atoms with Crippen molar-refractivity contribution in [3.05, 3.63) is 48.6 Å². The molecule has 0 bridgehead atoms. The highest BCUT2D eigenvalue weighted by molar-refractivity contribution is 5.13. The average Bonchev–Trinajstić information content (AvgIpc) is 2.42. The summed E-state index contributed by atoms with van der Waals surface area (Å²) in [7, 11) is 0. The third kappa shape index (κ3) is 6.58. The number of hydrogen-bond acceptors (Lipinski definition) is 2. The molecular weight excluding hydrogens is 224 g/mol. The minimum absolute atomic E-state index is 0.261. The van der Waals surface area contributed by atoms with E-state index in [0.29, 0.717) is 12.5 Å². The summed E-state index contributed by atoms with van der Waals surface area (Å²) >= 11 is 0. The zero-order valence-corrected chi connectivity index (χ0v) is 11.1. The molecule has 0 aliphatic heterocycles. The van der Waals surface area contributed by atoms with E-state index >= 15 is 0 Å². The molecule has 0 aromatic heterocycles. The second kappa shape index (κ2) is 9.86. The SMILES string of the molecule is C=CC[C@H](CO)CCCCOCc1ccccc1.